The van der Waals surface area contributed by atoms with Gasteiger partial charge in [-0.3, -0.25) is 4.79 Å². The van der Waals surface area contributed by atoms with Gasteiger partial charge < -0.3 is 25.6 Å². The molecule has 0 rings (SSSR count). The van der Waals surface area contributed by atoms with Crippen molar-refractivity contribution in [2.45, 2.75) is 18.3 Å². The van der Waals surface area contributed by atoms with Crippen molar-refractivity contribution in [1.29, 1.82) is 0 Å². The van der Waals surface area contributed by atoms with Crippen LogP contribution in [0.5, 0.6) is 0 Å². The molecule has 13 heavy (non-hydrogen) atoms. The lowest BCUT2D eigenvalue weighted by Crippen LogP contribution is -2.45. The molecule has 0 radical (unpaired) electrons. The van der Waals surface area contributed by atoms with Gasteiger partial charge in [-0.05, 0) is 0 Å². The second-order valence-electron chi connectivity index (χ2n) is 2.48. The van der Waals surface area contributed by atoms with Crippen molar-refractivity contribution < 1.29 is 30.4 Å². The van der Waals surface area contributed by atoms with Gasteiger partial charge in [-0.25, -0.2) is 5.48 Å². The van der Waals surface area contributed by atoms with Gasteiger partial charge in [0.15, 0.2) is 5.78 Å². The summed E-state index contributed by atoms with van der Waals surface area (Å²) >= 11 is 0. The minimum absolute atomic E-state index is 0.450. The van der Waals surface area contributed by atoms with Crippen LogP contribution < -0.4 is 5.48 Å². The van der Waals surface area contributed by atoms with Gasteiger partial charge in [0.2, 0.25) is 0 Å². The summed E-state index contributed by atoms with van der Waals surface area (Å²) in [5.41, 5.74) is 1.53. The number of nitrogens with one attached hydrogen (secondary N) is 1. The van der Waals surface area contributed by atoms with E-state index in [2.05, 4.69) is 0 Å². The van der Waals surface area contributed by atoms with Crippen LogP contribution in [0, 0.1) is 0 Å². The van der Waals surface area contributed by atoms with Gasteiger partial charge in [-0.1, -0.05) is 0 Å². The summed E-state index contributed by atoms with van der Waals surface area (Å²) in [4.78, 5) is 10.9. The third-order valence-corrected chi connectivity index (χ3v) is 1.46. The van der Waals surface area contributed by atoms with Crippen LogP contribution in [0.25, 0.3) is 0 Å². The number of rotatable bonds is 6. The van der Waals surface area contributed by atoms with E-state index in [4.69, 9.17) is 25.6 Å². The first kappa shape index (κ1) is 12.4. The number of hydrogen-bond donors (Lipinski definition) is 6. The Labute approximate surface area is 74.2 Å². The number of aliphatic hydroxyl groups is 4. The summed E-state index contributed by atoms with van der Waals surface area (Å²) in [7, 11) is 0. The highest BCUT2D eigenvalue weighted by atomic mass is 16.5. The summed E-state index contributed by atoms with van der Waals surface area (Å²) in [6, 6.07) is 0. The van der Waals surface area contributed by atoms with Gasteiger partial charge in [0, 0.05) is 0 Å². The molecule has 7 heteroatoms. The average Bonchev–Trinajstić information content (AvgIpc) is 2.14. The zero-order valence-corrected chi connectivity index (χ0v) is 6.79. The molecule has 0 spiro atoms. The largest absolute Gasteiger partial charge is 0.394 e. The zero-order chi connectivity index (χ0) is 10.4. The molecule has 0 aliphatic rings. The molecule has 78 valence electrons. The van der Waals surface area contributed by atoms with Crippen LogP contribution in [-0.2, 0) is 4.79 Å². The lowest BCUT2D eigenvalue weighted by atomic mass is 10.1. The van der Waals surface area contributed by atoms with Gasteiger partial charge in [-0.15, -0.1) is 0 Å². The van der Waals surface area contributed by atoms with Gasteiger partial charge in [0.05, 0.1) is 13.2 Å². The highest BCUT2D eigenvalue weighted by Crippen LogP contribution is 1.98. The van der Waals surface area contributed by atoms with E-state index in [0.717, 1.165) is 0 Å². The van der Waals surface area contributed by atoms with Crippen molar-refractivity contribution in [3.63, 3.8) is 0 Å². The molecular weight excluding hydrogens is 182 g/mol. The maximum atomic E-state index is 10.9. The maximum Gasteiger partial charge on any atom is 0.193 e. The Balaban J connectivity index is 4.08. The summed E-state index contributed by atoms with van der Waals surface area (Å²) < 4.78 is 0. The minimum Gasteiger partial charge on any atom is -0.394 e. The molecule has 0 bridgehead atoms. The summed E-state index contributed by atoms with van der Waals surface area (Å²) in [6.45, 7) is -1.24. The monoisotopic (exact) mass is 195 g/mol. The quantitative estimate of drug-likeness (QED) is 0.244. The Kier molecular flexibility index (Phi) is 5.71. The second kappa shape index (κ2) is 5.97. The van der Waals surface area contributed by atoms with E-state index in [1.807, 2.05) is 0 Å². The third kappa shape index (κ3) is 3.77. The first-order valence-electron chi connectivity index (χ1n) is 3.60. The highest BCUT2D eigenvalue weighted by Gasteiger charge is 2.28. The van der Waals surface area contributed by atoms with Crippen LogP contribution in [0.2, 0.25) is 0 Å². The third-order valence-electron chi connectivity index (χ3n) is 1.46. The number of carbonyl (C=O) groups excluding carboxylic acids is 1. The Hall–Kier alpha value is -0.570. The molecule has 0 aromatic heterocycles. The van der Waals surface area contributed by atoms with E-state index in [1.54, 1.807) is 0 Å². The first-order chi connectivity index (χ1) is 6.04. The number of Topliss-reactive ketones (excluding diaryl/α,β-unsaturated/α-hetero) is 1. The van der Waals surface area contributed by atoms with Gasteiger partial charge in [-0.2, -0.15) is 0 Å². The summed E-state index contributed by atoms with van der Waals surface area (Å²) in [6.07, 6.45) is -5.10. The van der Waals surface area contributed by atoms with Crippen LogP contribution in [0.1, 0.15) is 0 Å². The van der Waals surface area contributed by atoms with E-state index >= 15 is 0 Å². The molecule has 7 nitrogen and oxygen atoms in total. The second-order valence-corrected chi connectivity index (χ2v) is 2.48. The van der Waals surface area contributed by atoms with Crippen LogP contribution in [0.4, 0.5) is 0 Å². The van der Waals surface area contributed by atoms with Crippen LogP contribution in [-0.4, -0.2) is 62.9 Å². The first-order valence-corrected chi connectivity index (χ1v) is 3.60. The predicted molar refractivity (Wildman–Crippen MR) is 39.9 cm³/mol. The van der Waals surface area contributed by atoms with E-state index in [0.29, 0.717) is 0 Å². The van der Waals surface area contributed by atoms with Gasteiger partial charge >= 0.3 is 0 Å². The molecule has 0 unspecified atom stereocenters. The molecule has 0 saturated carbocycles. The Morgan fingerprint density at radius 2 is 1.85 bits per heavy atom. The molecule has 0 aliphatic carbocycles. The average molecular weight is 195 g/mol. The molecule has 6 N–H and O–H groups in total. The molecule has 3 atom stereocenters. The standard InChI is InChI=1S/C6H13NO6/c8-2-4(10)6(12)5(11)3(9)1-7-13/h3-4,6-10,12-13H,1-2H2/t3-,4+,6+/m0/s1. The van der Waals surface area contributed by atoms with Gasteiger partial charge in [0.1, 0.15) is 18.3 Å². The number of hydrogen-bond acceptors (Lipinski definition) is 7. The Morgan fingerprint density at radius 3 is 2.23 bits per heavy atom. The molecule has 0 saturated heterocycles. The minimum atomic E-state index is -1.85. The van der Waals surface area contributed by atoms with Crippen molar-refractivity contribution in [3.05, 3.63) is 0 Å². The Bertz CT molecular complexity index is 163. The fraction of sp³-hybridized carbons (Fsp3) is 0.833. The van der Waals surface area contributed by atoms with E-state index in [9.17, 15) is 4.79 Å². The van der Waals surface area contributed by atoms with Crippen molar-refractivity contribution in [2.75, 3.05) is 13.2 Å². The van der Waals surface area contributed by atoms with Crippen molar-refractivity contribution in [3.8, 4) is 0 Å². The van der Waals surface area contributed by atoms with E-state index in [-0.39, 0.29) is 0 Å². The highest BCUT2D eigenvalue weighted by molar-refractivity contribution is 5.87. The maximum absolute atomic E-state index is 10.9. The van der Waals surface area contributed by atoms with Crippen molar-refractivity contribution >= 4 is 5.78 Å². The van der Waals surface area contributed by atoms with Crippen LogP contribution in [0.3, 0.4) is 0 Å². The zero-order valence-electron chi connectivity index (χ0n) is 6.79. The van der Waals surface area contributed by atoms with E-state index < -0.39 is 37.2 Å². The Morgan fingerprint density at radius 1 is 1.31 bits per heavy atom. The molecule has 0 fully saturated rings. The molecule has 0 aromatic rings. The number of hydroxylamine groups is 1. The topological polar surface area (TPSA) is 130 Å². The lowest BCUT2D eigenvalue weighted by Gasteiger charge is -2.17. The van der Waals surface area contributed by atoms with Crippen molar-refractivity contribution in [1.82, 2.24) is 5.48 Å². The molecule has 0 aromatic carbocycles. The molecular formula is C6H13NO6. The normalized spacial score (nSPS) is 17.9. The summed E-state index contributed by atoms with van der Waals surface area (Å²) in [5, 5.41) is 43.1. The molecule has 0 heterocycles. The lowest BCUT2D eigenvalue weighted by molar-refractivity contribution is -0.143. The SMILES string of the molecule is O=C([C@@H](O)CNO)[C@H](O)[C@H](O)CO. The van der Waals surface area contributed by atoms with Crippen molar-refractivity contribution in [2.24, 2.45) is 0 Å². The number of aliphatic hydroxyl groups excluding tert-OH is 4. The van der Waals surface area contributed by atoms with Crippen LogP contribution in [0.15, 0.2) is 0 Å². The fourth-order valence-electron chi connectivity index (χ4n) is 0.674. The molecule has 0 aliphatic heterocycles. The van der Waals surface area contributed by atoms with Gasteiger partial charge in [0.25, 0.3) is 0 Å². The fourth-order valence-corrected chi connectivity index (χ4v) is 0.674. The van der Waals surface area contributed by atoms with Crippen LogP contribution >= 0.6 is 0 Å². The number of ketones is 1. The smallest absolute Gasteiger partial charge is 0.193 e. The molecule has 0 amide bonds. The van der Waals surface area contributed by atoms with E-state index in [1.165, 1.54) is 5.48 Å². The predicted octanol–water partition coefficient (Wildman–Crippen LogP) is -3.39. The number of carbonyl (C=O) groups is 1. The summed E-state index contributed by atoms with van der Waals surface area (Å²) in [5.74, 6) is -1.07.